The highest BCUT2D eigenvalue weighted by Crippen LogP contribution is 2.17. The largest absolute Gasteiger partial charge is 0.497 e. The Morgan fingerprint density at radius 2 is 1.82 bits per heavy atom. The number of ether oxygens (including phenoxy) is 1. The smallest absolute Gasteiger partial charge is 0.369 e. The molecule has 0 atom stereocenters. The molecule has 0 saturated carbocycles. The molecule has 3 aromatic rings. The first-order valence-electron chi connectivity index (χ1n) is 8.00. The molecule has 2 aromatic carbocycles. The van der Waals surface area contributed by atoms with Gasteiger partial charge in [-0.25, -0.2) is 9.59 Å². The van der Waals surface area contributed by atoms with Crippen molar-refractivity contribution in [2.24, 2.45) is 0 Å². The average Bonchev–Trinajstić information content (AvgIpc) is 3.03. The zero-order valence-electron chi connectivity index (χ0n) is 14.6. The predicted molar refractivity (Wildman–Crippen MR) is 101 cm³/mol. The van der Waals surface area contributed by atoms with Gasteiger partial charge in [0.05, 0.1) is 17.8 Å². The maximum Gasteiger partial charge on any atom is 0.369 e. The Labute approximate surface area is 163 Å². The Kier molecular flexibility index (Phi) is 5.70. The first kappa shape index (κ1) is 19.1. The van der Waals surface area contributed by atoms with Crippen LogP contribution in [0.1, 0.15) is 0 Å². The molecule has 3 amide bonds. The number of para-hydroxylation sites is 1. The SMILES string of the molecule is COc1ccc(NC(=O)NC(=O)Cn2nnn(-c3ccccc3Cl)c2=O)cc1. The highest BCUT2D eigenvalue weighted by molar-refractivity contribution is 6.32. The molecular formula is C17H15ClN6O4. The first-order chi connectivity index (χ1) is 13.5. The van der Waals surface area contributed by atoms with Crippen molar-refractivity contribution in [1.29, 1.82) is 0 Å². The molecule has 2 N–H and O–H groups in total. The van der Waals surface area contributed by atoms with Crippen LogP contribution in [0.15, 0.2) is 53.3 Å². The van der Waals surface area contributed by atoms with Crippen molar-refractivity contribution in [3.63, 3.8) is 0 Å². The number of carbonyl (C=O) groups is 2. The molecule has 0 spiro atoms. The number of rotatable bonds is 5. The van der Waals surface area contributed by atoms with Crippen LogP contribution in [-0.4, -0.2) is 38.8 Å². The number of amides is 3. The van der Waals surface area contributed by atoms with Crippen molar-refractivity contribution in [2.45, 2.75) is 6.54 Å². The second kappa shape index (κ2) is 8.35. The number of imide groups is 1. The molecular weight excluding hydrogens is 388 g/mol. The van der Waals surface area contributed by atoms with Gasteiger partial charge in [0.1, 0.15) is 12.3 Å². The third-order valence-corrected chi connectivity index (χ3v) is 3.93. The zero-order chi connectivity index (χ0) is 20.1. The van der Waals surface area contributed by atoms with Gasteiger partial charge in [-0.2, -0.15) is 9.36 Å². The van der Waals surface area contributed by atoms with Gasteiger partial charge < -0.3 is 10.1 Å². The summed E-state index contributed by atoms with van der Waals surface area (Å²) < 4.78 is 6.80. The van der Waals surface area contributed by atoms with E-state index < -0.39 is 24.2 Å². The lowest BCUT2D eigenvalue weighted by Gasteiger charge is -2.07. The van der Waals surface area contributed by atoms with Gasteiger partial charge in [-0.15, -0.1) is 0 Å². The Hall–Kier alpha value is -3.66. The third-order valence-electron chi connectivity index (χ3n) is 3.61. The molecule has 0 saturated heterocycles. The van der Waals surface area contributed by atoms with Gasteiger partial charge in [0, 0.05) is 5.69 Å². The van der Waals surface area contributed by atoms with Crippen LogP contribution in [0.5, 0.6) is 5.75 Å². The fraction of sp³-hybridized carbons (Fsp3) is 0.118. The fourth-order valence-electron chi connectivity index (χ4n) is 2.29. The number of tetrazole rings is 1. The van der Waals surface area contributed by atoms with Crippen LogP contribution in [0.3, 0.4) is 0 Å². The second-order valence-electron chi connectivity index (χ2n) is 5.51. The van der Waals surface area contributed by atoms with E-state index in [4.69, 9.17) is 16.3 Å². The minimum Gasteiger partial charge on any atom is -0.497 e. The van der Waals surface area contributed by atoms with Crippen molar-refractivity contribution < 1.29 is 14.3 Å². The molecule has 0 unspecified atom stereocenters. The van der Waals surface area contributed by atoms with Crippen LogP contribution in [0.25, 0.3) is 5.69 Å². The molecule has 0 aliphatic heterocycles. The first-order valence-corrected chi connectivity index (χ1v) is 8.38. The Balaban J connectivity index is 1.62. The number of nitrogens with one attached hydrogen (secondary N) is 2. The highest BCUT2D eigenvalue weighted by Gasteiger charge is 2.15. The van der Waals surface area contributed by atoms with Gasteiger partial charge in [0.25, 0.3) is 0 Å². The Bertz CT molecular complexity index is 1060. The normalized spacial score (nSPS) is 10.4. The lowest BCUT2D eigenvalue weighted by molar-refractivity contribution is -0.120. The Morgan fingerprint density at radius 1 is 1.11 bits per heavy atom. The summed E-state index contributed by atoms with van der Waals surface area (Å²) in [6.07, 6.45) is 0. The summed E-state index contributed by atoms with van der Waals surface area (Å²) in [5.74, 6) is -0.109. The minimum atomic E-state index is -0.748. The summed E-state index contributed by atoms with van der Waals surface area (Å²) >= 11 is 6.03. The van der Waals surface area contributed by atoms with Gasteiger partial charge in [-0.3, -0.25) is 10.1 Å². The molecule has 0 aliphatic rings. The second-order valence-corrected chi connectivity index (χ2v) is 5.92. The number of benzene rings is 2. The topological polar surface area (TPSA) is 120 Å². The molecule has 3 rings (SSSR count). The summed E-state index contributed by atoms with van der Waals surface area (Å²) in [7, 11) is 1.53. The molecule has 0 fully saturated rings. The minimum absolute atomic E-state index is 0.306. The summed E-state index contributed by atoms with van der Waals surface area (Å²) in [5, 5.41) is 12.2. The number of carbonyl (C=O) groups excluding carboxylic acids is 2. The number of hydrogen-bond donors (Lipinski definition) is 2. The highest BCUT2D eigenvalue weighted by atomic mass is 35.5. The van der Waals surface area contributed by atoms with Gasteiger partial charge in [0.2, 0.25) is 5.91 Å². The van der Waals surface area contributed by atoms with Crippen molar-refractivity contribution >= 4 is 29.2 Å². The van der Waals surface area contributed by atoms with E-state index >= 15 is 0 Å². The van der Waals surface area contributed by atoms with Crippen molar-refractivity contribution in [3.8, 4) is 11.4 Å². The van der Waals surface area contributed by atoms with Crippen molar-refractivity contribution in [2.75, 3.05) is 12.4 Å². The number of nitrogens with zero attached hydrogens (tertiary/aromatic N) is 4. The molecule has 0 radical (unpaired) electrons. The summed E-state index contributed by atoms with van der Waals surface area (Å²) in [6.45, 7) is -0.487. The number of urea groups is 1. The standard InChI is InChI=1S/C17H15ClN6O4/c1-28-12-8-6-11(7-9-12)19-16(26)20-15(25)10-23-17(27)24(22-21-23)14-5-3-2-4-13(14)18/h2-9H,10H2,1H3,(H2,19,20,25,26). The molecule has 0 aliphatic carbocycles. The summed E-state index contributed by atoms with van der Waals surface area (Å²) in [5.41, 5.74) is 0.129. The van der Waals surface area contributed by atoms with E-state index in [0.717, 1.165) is 9.36 Å². The molecule has 1 aromatic heterocycles. The quantitative estimate of drug-likeness (QED) is 0.666. The molecule has 0 bridgehead atoms. The van der Waals surface area contributed by atoms with Crippen molar-refractivity contribution in [3.05, 3.63) is 64.0 Å². The number of methoxy groups -OCH3 is 1. The predicted octanol–water partition coefficient (Wildman–Crippen LogP) is 1.44. The van der Waals surface area contributed by atoms with Crippen LogP contribution in [0.2, 0.25) is 5.02 Å². The molecule has 144 valence electrons. The third kappa shape index (κ3) is 4.35. The number of halogens is 1. The Morgan fingerprint density at radius 3 is 2.50 bits per heavy atom. The van der Waals surface area contributed by atoms with E-state index in [1.54, 1.807) is 48.5 Å². The van der Waals surface area contributed by atoms with Gasteiger partial charge in [0.15, 0.2) is 0 Å². The average molecular weight is 403 g/mol. The zero-order valence-corrected chi connectivity index (χ0v) is 15.4. The maximum absolute atomic E-state index is 12.3. The summed E-state index contributed by atoms with van der Waals surface area (Å²) in [6, 6.07) is 12.4. The van der Waals surface area contributed by atoms with Gasteiger partial charge in [-0.1, -0.05) is 23.7 Å². The van der Waals surface area contributed by atoms with Crippen molar-refractivity contribution in [1.82, 2.24) is 25.1 Å². The molecule has 11 heteroatoms. The number of aromatic nitrogens is 4. The van der Waals surface area contributed by atoms with Crippen LogP contribution in [0, 0.1) is 0 Å². The maximum atomic E-state index is 12.3. The van der Waals surface area contributed by atoms with Crippen LogP contribution >= 0.6 is 11.6 Å². The monoisotopic (exact) mass is 402 g/mol. The molecule has 28 heavy (non-hydrogen) atoms. The van der Waals surface area contributed by atoms with E-state index in [-0.39, 0.29) is 0 Å². The fourth-order valence-corrected chi connectivity index (χ4v) is 2.50. The van der Waals surface area contributed by atoms with Crippen LogP contribution < -0.4 is 21.1 Å². The number of anilines is 1. The lowest BCUT2D eigenvalue weighted by atomic mass is 10.3. The van der Waals surface area contributed by atoms with E-state index in [9.17, 15) is 14.4 Å². The van der Waals surface area contributed by atoms with E-state index in [1.165, 1.54) is 7.11 Å². The lowest BCUT2D eigenvalue weighted by Crippen LogP contribution is -2.39. The molecule has 1 heterocycles. The van der Waals surface area contributed by atoms with E-state index in [2.05, 4.69) is 21.1 Å². The van der Waals surface area contributed by atoms with E-state index in [1.807, 2.05) is 0 Å². The summed E-state index contributed by atoms with van der Waals surface area (Å²) in [4.78, 5) is 36.3. The van der Waals surface area contributed by atoms with Gasteiger partial charge >= 0.3 is 11.7 Å². The molecule has 10 nitrogen and oxygen atoms in total. The van der Waals surface area contributed by atoms with E-state index in [0.29, 0.717) is 22.1 Å². The number of hydrogen-bond acceptors (Lipinski definition) is 6. The van der Waals surface area contributed by atoms with Gasteiger partial charge in [-0.05, 0) is 46.8 Å². The van der Waals surface area contributed by atoms with Crippen LogP contribution in [-0.2, 0) is 11.3 Å². The van der Waals surface area contributed by atoms with Crippen LogP contribution in [0.4, 0.5) is 10.5 Å².